The van der Waals surface area contributed by atoms with Gasteiger partial charge in [-0.15, -0.1) is 0 Å². The number of aliphatic hydroxyl groups excluding tert-OH is 1. The van der Waals surface area contributed by atoms with Crippen LogP contribution in [0.15, 0.2) is 42.6 Å². The molecule has 0 aliphatic carbocycles. The Labute approximate surface area is 121 Å². The van der Waals surface area contributed by atoms with Crippen LogP contribution < -0.4 is 4.90 Å². The lowest BCUT2D eigenvalue weighted by Gasteiger charge is -2.21. The van der Waals surface area contributed by atoms with Crippen LogP contribution in [0.25, 0.3) is 0 Å². The van der Waals surface area contributed by atoms with E-state index in [0.29, 0.717) is 23.6 Å². The van der Waals surface area contributed by atoms with Crippen LogP contribution in [-0.2, 0) is 11.2 Å². The number of hydrogen-bond donors (Lipinski definition) is 1. The molecule has 102 valence electrons. The van der Waals surface area contributed by atoms with Crippen LogP contribution in [0.5, 0.6) is 0 Å². The van der Waals surface area contributed by atoms with Gasteiger partial charge in [-0.3, -0.25) is 9.78 Å². The first-order valence-electron chi connectivity index (χ1n) is 6.36. The molecule has 0 saturated carbocycles. The fourth-order valence-corrected chi connectivity index (χ4v) is 2.65. The molecule has 0 bridgehead atoms. The second-order valence-electron chi connectivity index (χ2n) is 4.63. The molecule has 1 N–H and O–H groups in total. The number of pyridine rings is 1. The van der Waals surface area contributed by atoms with E-state index in [1.807, 2.05) is 6.07 Å². The predicted octanol–water partition coefficient (Wildman–Crippen LogP) is 2.36. The summed E-state index contributed by atoms with van der Waals surface area (Å²) >= 11 is 6.03. The molecule has 1 aliphatic rings. The predicted molar refractivity (Wildman–Crippen MR) is 76.7 cm³/mol. The molecular formula is C15H13ClN2O2. The normalized spacial score (nSPS) is 15.0. The van der Waals surface area contributed by atoms with Gasteiger partial charge in [0.15, 0.2) is 6.10 Å². The van der Waals surface area contributed by atoms with Crippen LogP contribution in [0.1, 0.15) is 17.4 Å². The number of carbonyl (C=O) groups excluding carboxylic acids is 1. The first kappa shape index (κ1) is 13.1. The Morgan fingerprint density at radius 2 is 2.10 bits per heavy atom. The molecule has 0 saturated heterocycles. The molecule has 0 radical (unpaired) electrons. The highest BCUT2D eigenvalue weighted by atomic mass is 35.5. The van der Waals surface area contributed by atoms with Crippen LogP contribution in [0.3, 0.4) is 0 Å². The molecule has 1 amide bonds. The largest absolute Gasteiger partial charge is 0.378 e. The highest BCUT2D eigenvalue weighted by Gasteiger charge is 2.31. The van der Waals surface area contributed by atoms with Gasteiger partial charge in [0.1, 0.15) is 0 Å². The first-order chi connectivity index (χ1) is 9.68. The lowest BCUT2D eigenvalue weighted by molar-refractivity contribution is -0.126. The second kappa shape index (κ2) is 5.23. The molecule has 3 rings (SSSR count). The third-order valence-corrected chi connectivity index (χ3v) is 3.77. The van der Waals surface area contributed by atoms with Crippen LogP contribution in [0.4, 0.5) is 5.69 Å². The van der Waals surface area contributed by atoms with Crippen LogP contribution >= 0.6 is 11.6 Å². The summed E-state index contributed by atoms with van der Waals surface area (Å²) in [5, 5.41) is 10.6. The van der Waals surface area contributed by atoms with Crippen molar-refractivity contribution in [3.8, 4) is 0 Å². The van der Waals surface area contributed by atoms with Crippen molar-refractivity contribution < 1.29 is 9.90 Å². The van der Waals surface area contributed by atoms with Crippen molar-refractivity contribution in [2.75, 3.05) is 11.4 Å². The van der Waals surface area contributed by atoms with Gasteiger partial charge in [0.05, 0.1) is 11.4 Å². The maximum Gasteiger partial charge on any atom is 0.260 e. The summed E-state index contributed by atoms with van der Waals surface area (Å²) in [5.41, 5.74) is 2.08. The van der Waals surface area contributed by atoms with Crippen molar-refractivity contribution in [1.29, 1.82) is 0 Å². The fourth-order valence-electron chi connectivity index (χ4n) is 2.41. The lowest BCUT2D eigenvalue weighted by Crippen LogP contribution is -2.33. The molecule has 1 aromatic heterocycles. The summed E-state index contributed by atoms with van der Waals surface area (Å²) in [6.07, 6.45) is 1.16. The summed E-state index contributed by atoms with van der Waals surface area (Å²) < 4.78 is 0. The second-order valence-corrected chi connectivity index (χ2v) is 5.04. The van der Waals surface area contributed by atoms with Gasteiger partial charge in [-0.25, -0.2) is 0 Å². The average molecular weight is 289 g/mol. The van der Waals surface area contributed by atoms with Crippen molar-refractivity contribution in [1.82, 2.24) is 4.98 Å². The van der Waals surface area contributed by atoms with Gasteiger partial charge in [-0.05, 0) is 18.2 Å². The van der Waals surface area contributed by atoms with Gasteiger partial charge >= 0.3 is 0 Å². The van der Waals surface area contributed by atoms with Crippen molar-refractivity contribution in [2.45, 2.75) is 12.5 Å². The van der Waals surface area contributed by atoms with Gasteiger partial charge in [-0.1, -0.05) is 29.8 Å². The van der Waals surface area contributed by atoms with E-state index in [1.165, 1.54) is 0 Å². The van der Waals surface area contributed by atoms with Crippen LogP contribution in [0.2, 0.25) is 5.02 Å². The molecular weight excluding hydrogens is 276 g/mol. The highest BCUT2D eigenvalue weighted by Crippen LogP contribution is 2.30. The smallest absolute Gasteiger partial charge is 0.260 e. The van der Waals surface area contributed by atoms with E-state index in [-0.39, 0.29) is 5.91 Å². The zero-order chi connectivity index (χ0) is 14.1. The molecule has 0 spiro atoms. The molecule has 20 heavy (non-hydrogen) atoms. The summed E-state index contributed by atoms with van der Waals surface area (Å²) in [6.45, 7) is 0.534. The van der Waals surface area contributed by atoms with Crippen LogP contribution in [-0.4, -0.2) is 22.5 Å². The van der Waals surface area contributed by atoms with Gasteiger partial charge in [0, 0.05) is 29.7 Å². The number of benzene rings is 1. The zero-order valence-electron chi connectivity index (χ0n) is 10.7. The standard InChI is InChI=1S/C15H13ClN2O2/c16-11-5-2-1-4-10(11)14(19)15(20)18-9-7-12-13(18)6-3-8-17-12/h1-6,8,14,19H,7,9H2/t14-/m1/s1. The highest BCUT2D eigenvalue weighted by molar-refractivity contribution is 6.31. The summed E-state index contributed by atoms with van der Waals surface area (Å²) in [4.78, 5) is 18.3. The minimum Gasteiger partial charge on any atom is -0.378 e. The van der Waals surface area contributed by atoms with E-state index in [9.17, 15) is 9.90 Å². The SMILES string of the molecule is O=C([C@H](O)c1ccccc1Cl)N1CCc2ncccc21. The first-order valence-corrected chi connectivity index (χ1v) is 6.74. The number of halogens is 1. The summed E-state index contributed by atoms with van der Waals surface area (Å²) in [5.74, 6) is -0.371. The Morgan fingerprint density at radius 1 is 1.30 bits per heavy atom. The average Bonchev–Trinajstić information content (AvgIpc) is 2.90. The number of hydrogen-bond acceptors (Lipinski definition) is 3. The van der Waals surface area contributed by atoms with E-state index in [4.69, 9.17) is 11.6 Å². The van der Waals surface area contributed by atoms with Gasteiger partial charge in [0.25, 0.3) is 5.91 Å². The van der Waals surface area contributed by atoms with Crippen molar-refractivity contribution in [3.05, 3.63) is 58.9 Å². The number of aromatic nitrogens is 1. The van der Waals surface area contributed by atoms with Crippen molar-refractivity contribution in [2.24, 2.45) is 0 Å². The molecule has 1 atom stereocenters. The molecule has 4 nitrogen and oxygen atoms in total. The number of carbonyl (C=O) groups is 1. The van der Waals surface area contributed by atoms with Gasteiger partial charge in [0.2, 0.25) is 0 Å². The van der Waals surface area contributed by atoms with E-state index < -0.39 is 6.10 Å². The zero-order valence-corrected chi connectivity index (χ0v) is 11.4. The van der Waals surface area contributed by atoms with Crippen molar-refractivity contribution in [3.63, 3.8) is 0 Å². The maximum absolute atomic E-state index is 12.5. The van der Waals surface area contributed by atoms with E-state index in [1.54, 1.807) is 41.4 Å². The molecule has 1 aromatic carbocycles. The Morgan fingerprint density at radius 3 is 2.90 bits per heavy atom. The van der Waals surface area contributed by atoms with E-state index in [2.05, 4.69) is 4.98 Å². The van der Waals surface area contributed by atoms with Crippen molar-refractivity contribution >= 4 is 23.2 Å². The topological polar surface area (TPSA) is 53.4 Å². The number of rotatable bonds is 2. The Hall–Kier alpha value is -1.91. The number of nitrogens with zero attached hydrogens (tertiary/aromatic N) is 2. The molecule has 5 heteroatoms. The summed E-state index contributed by atoms with van der Waals surface area (Å²) in [6, 6.07) is 10.5. The minimum absolute atomic E-state index is 0.371. The van der Waals surface area contributed by atoms with E-state index >= 15 is 0 Å². The van der Waals surface area contributed by atoms with E-state index in [0.717, 1.165) is 11.4 Å². The third kappa shape index (κ3) is 2.17. The Bertz CT molecular complexity index is 660. The minimum atomic E-state index is -1.25. The molecule has 2 aromatic rings. The Balaban J connectivity index is 1.89. The molecule has 1 aliphatic heterocycles. The third-order valence-electron chi connectivity index (χ3n) is 3.43. The molecule has 0 fully saturated rings. The fraction of sp³-hybridized carbons (Fsp3) is 0.200. The molecule has 2 heterocycles. The number of anilines is 1. The molecule has 0 unspecified atom stereocenters. The van der Waals surface area contributed by atoms with Gasteiger partial charge < -0.3 is 10.0 Å². The van der Waals surface area contributed by atoms with Gasteiger partial charge in [-0.2, -0.15) is 0 Å². The number of aliphatic hydroxyl groups is 1. The number of amides is 1. The number of fused-ring (bicyclic) bond motifs is 1. The monoisotopic (exact) mass is 288 g/mol. The quantitative estimate of drug-likeness (QED) is 0.923. The lowest BCUT2D eigenvalue weighted by atomic mass is 10.1. The maximum atomic E-state index is 12.5. The Kier molecular flexibility index (Phi) is 3.42. The van der Waals surface area contributed by atoms with Crippen LogP contribution in [0, 0.1) is 0 Å². The summed E-state index contributed by atoms with van der Waals surface area (Å²) in [7, 11) is 0.